The number of aromatic nitrogens is 1. The van der Waals surface area contributed by atoms with E-state index in [-0.39, 0.29) is 5.88 Å². The number of methoxy groups -OCH3 is 2. The van der Waals surface area contributed by atoms with E-state index in [9.17, 15) is 4.39 Å². The second-order valence-electron chi connectivity index (χ2n) is 3.62. The fourth-order valence-electron chi connectivity index (χ4n) is 1.72. The number of rotatable bonds is 4. The number of nitrogens with two attached hydrogens (primary N) is 1. The minimum absolute atomic E-state index is 0.196. The lowest BCUT2D eigenvalue weighted by Gasteiger charge is -2.12. The summed E-state index contributed by atoms with van der Waals surface area (Å²) in [7, 11) is 2.95. The number of nitrogens with zero attached hydrogens (tertiary/aromatic N) is 1. The first-order valence-electron chi connectivity index (χ1n) is 5.23. The molecule has 0 spiro atoms. The summed E-state index contributed by atoms with van der Waals surface area (Å²) in [4.78, 5) is 0. The highest BCUT2D eigenvalue weighted by Crippen LogP contribution is 2.36. The van der Waals surface area contributed by atoms with E-state index < -0.39 is 6.67 Å². The van der Waals surface area contributed by atoms with Crippen LogP contribution in [0.5, 0.6) is 11.5 Å². The molecule has 0 saturated heterocycles. The molecular weight excluding hydrogens is 239 g/mol. The Labute approximate surface area is 103 Å². The van der Waals surface area contributed by atoms with Gasteiger partial charge in [-0.15, -0.1) is 0 Å². The third-order valence-corrected chi connectivity index (χ3v) is 2.52. The van der Waals surface area contributed by atoms with Crippen molar-refractivity contribution in [3.8, 4) is 22.8 Å². The van der Waals surface area contributed by atoms with Gasteiger partial charge in [-0.25, -0.2) is 4.39 Å². The summed E-state index contributed by atoms with van der Waals surface area (Å²) in [6.45, 7) is -0.666. The number of halogens is 1. The Balaban J connectivity index is 2.56. The number of alkyl halides is 1. The summed E-state index contributed by atoms with van der Waals surface area (Å²) in [6, 6.07) is 4.87. The van der Waals surface area contributed by atoms with Crippen molar-refractivity contribution in [2.75, 3.05) is 20.0 Å². The van der Waals surface area contributed by atoms with Crippen LogP contribution >= 0.6 is 0 Å². The summed E-state index contributed by atoms with van der Waals surface area (Å²) in [6.07, 6.45) is 0. The van der Waals surface area contributed by atoms with Crippen molar-refractivity contribution in [1.29, 1.82) is 0 Å². The van der Waals surface area contributed by atoms with Crippen LogP contribution in [0.2, 0.25) is 0 Å². The zero-order valence-electron chi connectivity index (χ0n) is 10.1. The fourth-order valence-corrected chi connectivity index (χ4v) is 1.72. The largest absolute Gasteiger partial charge is 0.493 e. The summed E-state index contributed by atoms with van der Waals surface area (Å²) in [5, 5.41) is 3.77. The molecule has 0 fully saturated rings. The van der Waals surface area contributed by atoms with Gasteiger partial charge in [0.05, 0.1) is 14.2 Å². The van der Waals surface area contributed by atoms with E-state index in [0.29, 0.717) is 28.3 Å². The Bertz CT molecular complexity index is 529. The zero-order chi connectivity index (χ0) is 13.1. The van der Waals surface area contributed by atoms with Crippen LogP contribution in [0.15, 0.2) is 22.7 Å². The molecule has 0 radical (unpaired) electrons. The molecule has 2 rings (SSSR count). The molecule has 1 aromatic carbocycles. The SMILES string of the molecule is COc1cc(-c2cc(N)on2)cc(CF)c1OC. The molecule has 18 heavy (non-hydrogen) atoms. The smallest absolute Gasteiger partial charge is 0.222 e. The van der Waals surface area contributed by atoms with Crippen LogP contribution in [0.1, 0.15) is 5.56 Å². The van der Waals surface area contributed by atoms with Crippen molar-refractivity contribution >= 4 is 5.88 Å². The van der Waals surface area contributed by atoms with Crippen LogP contribution in [-0.2, 0) is 6.67 Å². The second kappa shape index (κ2) is 4.95. The molecule has 2 aromatic rings. The minimum Gasteiger partial charge on any atom is -0.493 e. The van der Waals surface area contributed by atoms with Crippen LogP contribution in [0.4, 0.5) is 10.3 Å². The van der Waals surface area contributed by atoms with Crippen molar-refractivity contribution in [1.82, 2.24) is 5.16 Å². The molecule has 5 nitrogen and oxygen atoms in total. The monoisotopic (exact) mass is 252 g/mol. The first-order chi connectivity index (χ1) is 8.69. The quantitative estimate of drug-likeness (QED) is 0.904. The Kier molecular flexibility index (Phi) is 3.36. The Morgan fingerprint density at radius 3 is 2.56 bits per heavy atom. The molecule has 0 amide bonds. The van der Waals surface area contributed by atoms with Crippen molar-refractivity contribution in [3.05, 3.63) is 23.8 Å². The number of hydrogen-bond donors (Lipinski definition) is 1. The Hall–Kier alpha value is -2.24. The third kappa shape index (κ3) is 2.09. The van der Waals surface area contributed by atoms with Crippen LogP contribution in [-0.4, -0.2) is 19.4 Å². The van der Waals surface area contributed by atoms with Crippen LogP contribution in [0.25, 0.3) is 11.3 Å². The maximum atomic E-state index is 13.0. The van der Waals surface area contributed by atoms with Crippen molar-refractivity contribution in [2.24, 2.45) is 0 Å². The van der Waals surface area contributed by atoms with Gasteiger partial charge < -0.3 is 19.7 Å². The van der Waals surface area contributed by atoms with Gasteiger partial charge in [0.2, 0.25) is 5.88 Å². The van der Waals surface area contributed by atoms with Crippen molar-refractivity contribution in [3.63, 3.8) is 0 Å². The predicted octanol–water partition coefficient (Wildman–Crippen LogP) is 2.41. The van der Waals surface area contributed by atoms with E-state index in [0.717, 1.165) is 0 Å². The van der Waals surface area contributed by atoms with Gasteiger partial charge in [-0.2, -0.15) is 0 Å². The maximum absolute atomic E-state index is 13.0. The van der Waals surface area contributed by atoms with Crippen molar-refractivity contribution < 1.29 is 18.4 Å². The average Bonchev–Trinajstić information content (AvgIpc) is 2.83. The van der Waals surface area contributed by atoms with Gasteiger partial charge in [-0.3, -0.25) is 0 Å². The molecule has 0 aliphatic carbocycles. The predicted molar refractivity (Wildman–Crippen MR) is 64.3 cm³/mol. The molecule has 0 unspecified atom stereocenters. The van der Waals surface area contributed by atoms with E-state index in [4.69, 9.17) is 19.7 Å². The molecule has 6 heteroatoms. The number of benzene rings is 1. The van der Waals surface area contributed by atoms with Crippen LogP contribution in [0, 0.1) is 0 Å². The number of ether oxygens (including phenoxy) is 2. The zero-order valence-corrected chi connectivity index (χ0v) is 10.1. The summed E-state index contributed by atoms with van der Waals surface area (Å²) >= 11 is 0. The van der Waals surface area contributed by atoms with Gasteiger partial charge in [0.1, 0.15) is 12.4 Å². The lowest BCUT2D eigenvalue weighted by molar-refractivity contribution is 0.345. The van der Waals surface area contributed by atoms with Gasteiger partial charge in [-0.1, -0.05) is 5.16 Å². The first kappa shape index (κ1) is 12.2. The lowest BCUT2D eigenvalue weighted by Crippen LogP contribution is -1.96. The molecular formula is C12H13FN2O3. The number of hydrogen-bond acceptors (Lipinski definition) is 5. The van der Waals surface area contributed by atoms with Crippen molar-refractivity contribution in [2.45, 2.75) is 6.67 Å². The van der Waals surface area contributed by atoms with Gasteiger partial charge in [0.15, 0.2) is 11.5 Å². The molecule has 0 bridgehead atoms. The summed E-state index contributed by atoms with van der Waals surface area (Å²) < 4.78 is 28.1. The topological polar surface area (TPSA) is 70.5 Å². The normalized spacial score (nSPS) is 10.4. The fraction of sp³-hybridized carbons (Fsp3) is 0.250. The van der Waals surface area contributed by atoms with E-state index in [2.05, 4.69) is 5.16 Å². The average molecular weight is 252 g/mol. The highest BCUT2D eigenvalue weighted by Gasteiger charge is 2.15. The van der Waals surface area contributed by atoms with Gasteiger partial charge in [0.25, 0.3) is 0 Å². The van der Waals surface area contributed by atoms with Gasteiger partial charge in [0, 0.05) is 17.2 Å². The van der Waals surface area contributed by atoms with Crippen LogP contribution < -0.4 is 15.2 Å². The summed E-state index contributed by atoms with van der Waals surface area (Å²) in [5.74, 6) is 1.01. The van der Waals surface area contributed by atoms with Crippen LogP contribution in [0.3, 0.4) is 0 Å². The van der Waals surface area contributed by atoms with Gasteiger partial charge >= 0.3 is 0 Å². The first-order valence-corrected chi connectivity index (χ1v) is 5.23. The standard InChI is InChI=1S/C12H13FN2O3/c1-16-10-4-7(9-5-11(14)18-15-9)3-8(6-13)12(10)17-2/h3-5H,6,14H2,1-2H3. The lowest BCUT2D eigenvalue weighted by atomic mass is 10.1. The second-order valence-corrected chi connectivity index (χ2v) is 3.62. The molecule has 0 atom stereocenters. The molecule has 96 valence electrons. The highest BCUT2D eigenvalue weighted by molar-refractivity contribution is 5.67. The molecule has 0 saturated carbocycles. The summed E-state index contributed by atoms with van der Waals surface area (Å²) in [5.41, 5.74) is 7.01. The minimum atomic E-state index is -0.666. The number of nitrogen functional groups attached to an aromatic ring is 1. The molecule has 1 heterocycles. The Morgan fingerprint density at radius 2 is 2.06 bits per heavy atom. The van der Waals surface area contributed by atoms with E-state index in [1.165, 1.54) is 14.2 Å². The highest BCUT2D eigenvalue weighted by atomic mass is 19.1. The molecule has 0 aliphatic rings. The number of anilines is 1. The van der Waals surface area contributed by atoms with Gasteiger partial charge in [-0.05, 0) is 12.1 Å². The van der Waals surface area contributed by atoms with E-state index in [1.54, 1.807) is 18.2 Å². The molecule has 2 N–H and O–H groups in total. The third-order valence-electron chi connectivity index (χ3n) is 2.52. The molecule has 0 aliphatic heterocycles. The maximum Gasteiger partial charge on any atom is 0.222 e. The Morgan fingerprint density at radius 1 is 1.28 bits per heavy atom. The van der Waals surface area contributed by atoms with E-state index in [1.807, 2.05) is 0 Å². The molecule has 1 aromatic heterocycles. The van der Waals surface area contributed by atoms with E-state index >= 15 is 0 Å².